The summed E-state index contributed by atoms with van der Waals surface area (Å²) in [5.41, 5.74) is 1.07. The van der Waals surface area contributed by atoms with Crippen LogP contribution >= 0.6 is 11.8 Å². The van der Waals surface area contributed by atoms with E-state index in [1.54, 1.807) is 0 Å². The van der Waals surface area contributed by atoms with Gasteiger partial charge in [-0.25, -0.2) is 9.59 Å². The first-order valence-electron chi connectivity index (χ1n) is 5.82. The van der Waals surface area contributed by atoms with Gasteiger partial charge in [0.25, 0.3) is 0 Å². The van der Waals surface area contributed by atoms with Gasteiger partial charge in [-0.05, 0) is 37.3 Å². The van der Waals surface area contributed by atoms with E-state index in [9.17, 15) is 9.59 Å². The van der Waals surface area contributed by atoms with Gasteiger partial charge in [0.1, 0.15) is 0 Å². The Bertz CT molecular complexity index is 630. The van der Waals surface area contributed by atoms with Crippen LogP contribution in [-0.4, -0.2) is 22.2 Å². The van der Waals surface area contributed by atoms with Crippen LogP contribution in [0.5, 0.6) is 0 Å². The van der Waals surface area contributed by atoms with E-state index in [0.717, 1.165) is 16.5 Å². The molecule has 4 nitrogen and oxygen atoms in total. The van der Waals surface area contributed by atoms with Crippen molar-refractivity contribution >= 4 is 23.7 Å². The van der Waals surface area contributed by atoms with Crippen molar-refractivity contribution in [3.05, 3.63) is 59.2 Å². The molecular weight excluding hydrogens is 276 g/mol. The summed E-state index contributed by atoms with van der Waals surface area (Å²) in [6.45, 7) is 1.97. The Balaban J connectivity index is 2.37. The fourth-order valence-electron chi connectivity index (χ4n) is 1.65. The Morgan fingerprint density at radius 2 is 1.35 bits per heavy atom. The third-order valence-corrected chi connectivity index (χ3v) is 3.64. The van der Waals surface area contributed by atoms with Gasteiger partial charge in [-0.2, -0.15) is 0 Å². The monoisotopic (exact) mass is 288 g/mol. The maximum Gasteiger partial charge on any atom is 0.335 e. The fraction of sp³-hybridized carbons (Fsp3) is 0.0667. The van der Waals surface area contributed by atoms with Crippen LogP contribution in [0, 0.1) is 6.92 Å². The molecule has 0 atom stereocenters. The summed E-state index contributed by atoms with van der Waals surface area (Å²) in [5, 5.41) is 18.0. The van der Waals surface area contributed by atoms with Gasteiger partial charge in [-0.1, -0.05) is 29.5 Å². The number of rotatable bonds is 4. The van der Waals surface area contributed by atoms with Crippen molar-refractivity contribution < 1.29 is 19.8 Å². The number of hydrogen-bond donors (Lipinski definition) is 2. The van der Waals surface area contributed by atoms with Crippen LogP contribution in [0.15, 0.2) is 52.3 Å². The molecule has 0 spiro atoms. The van der Waals surface area contributed by atoms with Crippen LogP contribution in [0.1, 0.15) is 26.3 Å². The van der Waals surface area contributed by atoms with Crippen molar-refractivity contribution in [1.82, 2.24) is 0 Å². The smallest absolute Gasteiger partial charge is 0.335 e. The molecule has 102 valence electrons. The molecule has 0 bridgehead atoms. The molecule has 0 aliphatic heterocycles. The van der Waals surface area contributed by atoms with Crippen LogP contribution in [0.25, 0.3) is 0 Å². The van der Waals surface area contributed by atoms with Crippen LogP contribution in [0.4, 0.5) is 0 Å². The highest BCUT2D eigenvalue weighted by Crippen LogP contribution is 2.29. The first-order valence-corrected chi connectivity index (χ1v) is 6.63. The molecule has 2 aromatic carbocycles. The molecule has 0 saturated carbocycles. The second-order valence-corrected chi connectivity index (χ2v) is 5.42. The number of aromatic carboxylic acids is 2. The van der Waals surface area contributed by atoms with E-state index in [2.05, 4.69) is 0 Å². The molecule has 0 heterocycles. The van der Waals surface area contributed by atoms with Gasteiger partial charge in [-0.3, -0.25) is 0 Å². The Kier molecular flexibility index (Phi) is 4.10. The average molecular weight is 288 g/mol. The number of aryl methyl sites for hydroxylation is 1. The summed E-state index contributed by atoms with van der Waals surface area (Å²) < 4.78 is 0. The van der Waals surface area contributed by atoms with E-state index < -0.39 is 11.9 Å². The van der Waals surface area contributed by atoms with Gasteiger partial charge in [0.2, 0.25) is 0 Å². The number of hydrogen-bond acceptors (Lipinski definition) is 3. The molecule has 0 saturated heterocycles. The second kappa shape index (κ2) is 5.79. The standard InChI is InChI=1S/C15H12O4S/c1-9-2-4-12(5-3-9)20-13-7-10(14(16)17)6-11(8-13)15(18)19/h2-8H,1H3,(H,16,17)(H,18,19). The molecular formula is C15H12O4S. The highest BCUT2D eigenvalue weighted by Gasteiger charge is 2.12. The minimum Gasteiger partial charge on any atom is -0.478 e. The maximum absolute atomic E-state index is 11.0. The molecule has 0 fully saturated rings. The number of carboxylic acids is 2. The van der Waals surface area contributed by atoms with Crippen LogP contribution in [0.2, 0.25) is 0 Å². The third kappa shape index (κ3) is 3.39. The molecule has 20 heavy (non-hydrogen) atoms. The van der Waals surface area contributed by atoms with Gasteiger partial charge < -0.3 is 10.2 Å². The highest BCUT2D eigenvalue weighted by molar-refractivity contribution is 7.99. The molecule has 0 aromatic heterocycles. The molecule has 2 rings (SSSR count). The molecule has 0 unspecified atom stereocenters. The lowest BCUT2D eigenvalue weighted by atomic mass is 10.1. The minimum absolute atomic E-state index is 0.0282. The van der Waals surface area contributed by atoms with Crippen molar-refractivity contribution in [2.24, 2.45) is 0 Å². The maximum atomic E-state index is 11.0. The van der Waals surface area contributed by atoms with Crippen molar-refractivity contribution in [3.8, 4) is 0 Å². The predicted octanol–water partition coefficient (Wildman–Crippen LogP) is 3.54. The van der Waals surface area contributed by atoms with E-state index in [-0.39, 0.29) is 11.1 Å². The summed E-state index contributed by atoms with van der Waals surface area (Å²) in [6, 6.07) is 11.8. The first kappa shape index (κ1) is 14.1. The summed E-state index contributed by atoms with van der Waals surface area (Å²) in [4.78, 5) is 23.6. The van der Waals surface area contributed by atoms with Gasteiger partial charge in [0, 0.05) is 9.79 Å². The van der Waals surface area contributed by atoms with Crippen molar-refractivity contribution in [2.45, 2.75) is 16.7 Å². The molecule has 0 aliphatic carbocycles. The van der Waals surface area contributed by atoms with Gasteiger partial charge in [0.05, 0.1) is 11.1 Å². The zero-order chi connectivity index (χ0) is 14.7. The molecule has 0 amide bonds. The van der Waals surface area contributed by atoms with Crippen molar-refractivity contribution in [3.63, 3.8) is 0 Å². The summed E-state index contributed by atoms with van der Waals surface area (Å²) in [5.74, 6) is -2.28. The molecule has 2 aromatic rings. The zero-order valence-electron chi connectivity index (χ0n) is 10.7. The van der Waals surface area contributed by atoms with Crippen LogP contribution in [-0.2, 0) is 0 Å². The van der Waals surface area contributed by atoms with Gasteiger partial charge >= 0.3 is 11.9 Å². The first-order chi connectivity index (χ1) is 9.45. The number of benzene rings is 2. The zero-order valence-corrected chi connectivity index (χ0v) is 11.5. The van der Waals surface area contributed by atoms with E-state index >= 15 is 0 Å². The number of carbonyl (C=O) groups is 2. The minimum atomic E-state index is -1.14. The average Bonchev–Trinajstić information content (AvgIpc) is 2.41. The van der Waals surface area contributed by atoms with Crippen LogP contribution in [0.3, 0.4) is 0 Å². The van der Waals surface area contributed by atoms with E-state index in [1.807, 2.05) is 31.2 Å². The molecule has 0 radical (unpaired) electrons. The lowest BCUT2D eigenvalue weighted by Crippen LogP contribution is -2.02. The van der Waals surface area contributed by atoms with E-state index in [0.29, 0.717) is 4.90 Å². The third-order valence-electron chi connectivity index (χ3n) is 2.66. The summed E-state index contributed by atoms with van der Waals surface area (Å²) >= 11 is 1.33. The van der Waals surface area contributed by atoms with Crippen molar-refractivity contribution in [2.75, 3.05) is 0 Å². The SMILES string of the molecule is Cc1ccc(Sc2cc(C(=O)O)cc(C(=O)O)c2)cc1. The van der Waals surface area contributed by atoms with Gasteiger partial charge in [-0.15, -0.1) is 0 Å². The normalized spacial score (nSPS) is 10.2. The molecule has 5 heteroatoms. The Hall–Kier alpha value is -2.27. The Morgan fingerprint density at radius 1 is 0.850 bits per heavy atom. The molecule has 2 N–H and O–H groups in total. The summed E-state index contributed by atoms with van der Waals surface area (Å²) in [7, 11) is 0. The van der Waals surface area contributed by atoms with E-state index in [4.69, 9.17) is 10.2 Å². The Labute approximate surface area is 120 Å². The Morgan fingerprint density at radius 3 is 1.80 bits per heavy atom. The lowest BCUT2D eigenvalue weighted by molar-refractivity contribution is 0.0696. The van der Waals surface area contributed by atoms with E-state index in [1.165, 1.54) is 23.9 Å². The van der Waals surface area contributed by atoms with Crippen LogP contribution < -0.4 is 0 Å². The molecule has 0 aliphatic rings. The second-order valence-electron chi connectivity index (χ2n) is 4.27. The predicted molar refractivity (Wildman–Crippen MR) is 75.7 cm³/mol. The fourth-order valence-corrected chi connectivity index (χ4v) is 2.56. The lowest BCUT2D eigenvalue weighted by Gasteiger charge is -2.05. The van der Waals surface area contributed by atoms with Crippen molar-refractivity contribution in [1.29, 1.82) is 0 Å². The summed E-state index contributed by atoms with van der Waals surface area (Å²) in [6.07, 6.45) is 0. The topological polar surface area (TPSA) is 74.6 Å². The largest absolute Gasteiger partial charge is 0.478 e. The van der Waals surface area contributed by atoms with Gasteiger partial charge in [0.15, 0.2) is 0 Å². The quantitative estimate of drug-likeness (QED) is 0.900. The highest BCUT2D eigenvalue weighted by atomic mass is 32.2. The number of carboxylic acid groups (broad SMARTS) is 2.